The fraction of sp³-hybridized carbons (Fsp3) is 0.0952. The van der Waals surface area contributed by atoms with Gasteiger partial charge in [0.15, 0.2) is 5.13 Å². The Morgan fingerprint density at radius 2 is 1.93 bits per heavy atom. The molecule has 0 radical (unpaired) electrons. The molecule has 2 aromatic carbocycles. The Morgan fingerprint density at radius 1 is 1.07 bits per heavy atom. The first kappa shape index (κ1) is 17.2. The molecule has 4 rings (SSSR count). The number of thiazole rings is 1. The number of esters is 1. The number of benzene rings is 2. The number of hydrogen-bond acceptors (Lipinski definition) is 6. The topological polar surface area (TPSA) is 64.1 Å². The van der Waals surface area contributed by atoms with Crippen molar-refractivity contribution >= 4 is 32.7 Å². The van der Waals surface area contributed by atoms with Crippen LogP contribution in [0, 0.1) is 0 Å². The molecule has 6 heteroatoms. The zero-order valence-corrected chi connectivity index (χ0v) is 15.5. The second kappa shape index (κ2) is 7.55. The maximum Gasteiger partial charge on any atom is 0.337 e. The molecule has 0 aliphatic heterocycles. The molecule has 0 amide bonds. The Balaban J connectivity index is 1.52. The van der Waals surface area contributed by atoms with Crippen LogP contribution in [0.5, 0.6) is 0 Å². The summed E-state index contributed by atoms with van der Waals surface area (Å²) in [7, 11) is 1.38. The lowest BCUT2D eigenvalue weighted by Crippen LogP contribution is -2.04. The van der Waals surface area contributed by atoms with Gasteiger partial charge in [-0.25, -0.2) is 9.78 Å². The molecule has 0 saturated heterocycles. The molecule has 1 N–H and O–H groups in total. The van der Waals surface area contributed by atoms with Gasteiger partial charge in [-0.2, -0.15) is 0 Å². The highest BCUT2D eigenvalue weighted by Gasteiger charge is 2.08. The van der Waals surface area contributed by atoms with Crippen LogP contribution < -0.4 is 5.32 Å². The number of pyridine rings is 1. The van der Waals surface area contributed by atoms with Gasteiger partial charge in [-0.05, 0) is 53.1 Å². The van der Waals surface area contributed by atoms with Crippen molar-refractivity contribution in [2.24, 2.45) is 0 Å². The van der Waals surface area contributed by atoms with Crippen molar-refractivity contribution in [3.8, 4) is 11.1 Å². The molecule has 0 aliphatic rings. The zero-order valence-electron chi connectivity index (χ0n) is 14.7. The van der Waals surface area contributed by atoms with E-state index in [1.165, 1.54) is 7.11 Å². The van der Waals surface area contributed by atoms with Crippen LogP contribution in [-0.4, -0.2) is 23.0 Å². The molecule has 4 aromatic rings. The number of aromatic nitrogens is 2. The number of nitrogens with zero attached hydrogens (tertiary/aromatic N) is 2. The van der Waals surface area contributed by atoms with E-state index in [4.69, 9.17) is 4.74 Å². The molecule has 0 saturated carbocycles. The lowest BCUT2D eigenvalue weighted by atomic mass is 10.1. The Labute approximate surface area is 160 Å². The van der Waals surface area contributed by atoms with Gasteiger partial charge in [-0.15, -0.1) is 0 Å². The van der Waals surface area contributed by atoms with E-state index in [2.05, 4.69) is 27.4 Å². The molecule has 0 bridgehead atoms. The third kappa shape index (κ3) is 3.80. The predicted octanol–water partition coefficient (Wildman–Crippen LogP) is 4.76. The summed E-state index contributed by atoms with van der Waals surface area (Å²) in [6, 6.07) is 17.6. The fourth-order valence-electron chi connectivity index (χ4n) is 2.83. The summed E-state index contributed by atoms with van der Waals surface area (Å²) >= 11 is 1.61. The second-order valence-electron chi connectivity index (χ2n) is 5.98. The molecule has 2 aromatic heterocycles. The van der Waals surface area contributed by atoms with E-state index >= 15 is 0 Å². The maximum absolute atomic E-state index is 11.6. The SMILES string of the molecule is COC(=O)c1cccc(CNc2nc3ccc(-c4ccncc4)cc3s2)c1. The average molecular weight is 375 g/mol. The van der Waals surface area contributed by atoms with Gasteiger partial charge in [-0.3, -0.25) is 4.98 Å². The van der Waals surface area contributed by atoms with E-state index in [9.17, 15) is 4.79 Å². The summed E-state index contributed by atoms with van der Waals surface area (Å²) in [4.78, 5) is 20.4. The van der Waals surface area contributed by atoms with E-state index in [0.29, 0.717) is 12.1 Å². The van der Waals surface area contributed by atoms with Crippen LogP contribution in [0.15, 0.2) is 67.0 Å². The number of anilines is 1. The van der Waals surface area contributed by atoms with Gasteiger partial charge < -0.3 is 10.1 Å². The predicted molar refractivity (Wildman–Crippen MR) is 108 cm³/mol. The molecule has 0 spiro atoms. The normalized spacial score (nSPS) is 10.7. The fourth-order valence-corrected chi connectivity index (χ4v) is 3.73. The first-order valence-electron chi connectivity index (χ1n) is 8.45. The molecular formula is C21H17N3O2S. The van der Waals surface area contributed by atoms with E-state index in [0.717, 1.165) is 32.0 Å². The number of methoxy groups -OCH3 is 1. The highest BCUT2D eigenvalue weighted by molar-refractivity contribution is 7.22. The Bertz CT molecular complexity index is 1090. The molecule has 2 heterocycles. The molecule has 134 valence electrons. The van der Waals surface area contributed by atoms with Gasteiger partial charge in [0.2, 0.25) is 0 Å². The van der Waals surface area contributed by atoms with E-state index in [1.807, 2.05) is 36.4 Å². The van der Waals surface area contributed by atoms with Gasteiger partial charge in [0.05, 0.1) is 22.9 Å². The minimum Gasteiger partial charge on any atom is -0.465 e. The van der Waals surface area contributed by atoms with Gasteiger partial charge in [0.1, 0.15) is 0 Å². The highest BCUT2D eigenvalue weighted by atomic mass is 32.1. The molecule has 27 heavy (non-hydrogen) atoms. The number of carbonyl (C=O) groups is 1. The van der Waals surface area contributed by atoms with Gasteiger partial charge >= 0.3 is 5.97 Å². The first-order valence-corrected chi connectivity index (χ1v) is 9.27. The number of nitrogens with one attached hydrogen (secondary N) is 1. The number of carbonyl (C=O) groups excluding carboxylic acids is 1. The molecule has 0 aliphatic carbocycles. The average Bonchev–Trinajstić information content (AvgIpc) is 3.14. The monoisotopic (exact) mass is 375 g/mol. The van der Waals surface area contributed by atoms with Crippen molar-refractivity contribution in [2.75, 3.05) is 12.4 Å². The highest BCUT2D eigenvalue weighted by Crippen LogP contribution is 2.30. The van der Waals surface area contributed by atoms with Crippen LogP contribution in [0.1, 0.15) is 15.9 Å². The minimum absolute atomic E-state index is 0.333. The maximum atomic E-state index is 11.6. The number of hydrogen-bond donors (Lipinski definition) is 1. The minimum atomic E-state index is -0.333. The van der Waals surface area contributed by atoms with E-state index < -0.39 is 0 Å². The van der Waals surface area contributed by atoms with Gasteiger partial charge in [0.25, 0.3) is 0 Å². The van der Waals surface area contributed by atoms with Crippen molar-refractivity contribution in [3.63, 3.8) is 0 Å². The first-order chi connectivity index (χ1) is 13.2. The third-order valence-corrected chi connectivity index (χ3v) is 5.17. The number of ether oxygens (including phenoxy) is 1. The molecule has 5 nitrogen and oxygen atoms in total. The van der Waals surface area contributed by atoms with Gasteiger partial charge in [-0.1, -0.05) is 29.5 Å². The molecule has 0 unspecified atom stereocenters. The van der Waals surface area contributed by atoms with Crippen LogP contribution in [0.25, 0.3) is 21.3 Å². The van der Waals surface area contributed by atoms with Crippen LogP contribution in [0.4, 0.5) is 5.13 Å². The summed E-state index contributed by atoms with van der Waals surface area (Å²) < 4.78 is 5.89. The van der Waals surface area contributed by atoms with Crippen molar-refractivity contribution in [3.05, 3.63) is 78.1 Å². The van der Waals surface area contributed by atoms with Gasteiger partial charge in [0, 0.05) is 18.9 Å². The Kier molecular flexibility index (Phi) is 4.80. The zero-order chi connectivity index (χ0) is 18.6. The van der Waals surface area contributed by atoms with Crippen LogP contribution in [0.2, 0.25) is 0 Å². The van der Waals surface area contributed by atoms with Crippen LogP contribution in [0.3, 0.4) is 0 Å². The largest absolute Gasteiger partial charge is 0.465 e. The number of fused-ring (bicyclic) bond motifs is 1. The third-order valence-electron chi connectivity index (χ3n) is 4.19. The quantitative estimate of drug-likeness (QED) is 0.510. The lowest BCUT2D eigenvalue weighted by Gasteiger charge is -2.05. The van der Waals surface area contributed by atoms with Crippen molar-refractivity contribution < 1.29 is 9.53 Å². The standard InChI is InChI=1S/C21H17N3O2S/c1-26-20(25)17-4-2-3-14(11-17)13-23-21-24-18-6-5-16(12-19(18)27-21)15-7-9-22-10-8-15/h2-12H,13H2,1H3,(H,23,24). The van der Waals surface area contributed by atoms with E-state index in [1.54, 1.807) is 29.8 Å². The van der Waals surface area contributed by atoms with E-state index in [-0.39, 0.29) is 5.97 Å². The summed E-state index contributed by atoms with van der Waals surface area (Å²) in [5.74, 6) is -0.333. The van der Waals surface area contributed by atoms with Crippen molar-refractivity contribution in [2.45, 2.75) is 6.54 Å². The van der Waals surface area contributed by atoms with Crippen LogP contribution in [-0.2, 0) is 11.3 Å². The van der Waals surface area contributed by atoms with Crippen LogP contribution >= 0.6 is 11.3 Å². The lowest BCUT2D eigenvalue weighted by molar-refractivity contribution is 0.0600. The summed E-state index contributed by atoms with van der Waals surface area (Å²) in [5.41, 5.74) is 4.78. The Hall–Kier alpha value is -3.25. The summed E-state index contributed by atoms with van der Waals surface area (Å²) in [6.07, 6.45) is 3.59. The summed E-state index contributed by atoms with van der Waals surface area (Å²) in [6.45, 7) is 0.585. The smallest absolute Gasteiger partial charge is 0.337 e. The second-order valence-corrected chi connectivity index (χ2v) is 7.01. The molecule has 0 atom stereocenters. The molecular weight excluding hydrogens is 358 g/mol. The summed E-state index contributed by atoms with van der Waals surface area (Å²) in [5, 5.41) is 4.19. The Morgan fingerprint density at radius 3 is 2.74 bits per heavy atom. The molecule has 0 fully saturated rings. The van der Waals surface area contributed by atoms with Crippen molar-refractivity contribution in [1.82, 2.24) is 9.97 Å². The number of rotatable bonds is 5. The van der Waals surface area contributed by atoms with Crippen molar-refractivity contribution in [1.29, 1.82) is 0 Å².